The van der Waals surface area contributed by atoms with Gasteiger partial charge in [0.1, 0.15) is 0 Å². The van der Waals surface area contributed by atoms with E-state index in [9.17, 15) is 0 Å². The standard InChI is InChI=1S/2C24H23S.C2H6Si.2ClH.Zr/c2*1-14-8-15(2)10-21(9-14)24-18(5)16(3)11-19-12-20(13-22(19)24)23-7-6-17(4)25-23;1-3-2;;;/h2*6-13H,1-5H3;1-2H3;2*1H;/q2*-1;;;;+2. The molecule has 8 rings (SSSR count). The van der Waals surface area contributed by atoms with Gasteiger partial charge in [0.05, 0.1) is 0 Å². The normalized spacial score (nSPS) is 10.7. The molecule has 0 aliphatic heterocycles. The predicted octanol–water partition coefficient (Wildman–Crippen LogP) is 16.6. The van der Waals surface area contributed by atoms with Gasteiger partial charge in [-0.25, -0.2) is 0 Å². The summed E-state index contributed by atoms with van der Waals surface area (Å²) in [5.41, 5.74) is 19.1. The van der Waals surface area contributed by atoms with Crippen molar-refractivity contribution in [3.8, 4) is 43.1 Å². The molecule has 0 saturated carbocycles. The molecule has 0 fully saturated rings. The molecule has 0 saturated heterocycles. The van der Waals surface area contributed by atoms with Crippen molar-refractivity contribution in [3.05, 3.63) is 151 Å². The molecule has 6 aromatic carbocycles. The summed E-state index contributed by atoms with van der Waals surface area (Å²) in [4.78, 5) is 5.44. The molecule has 288 valence electrons. The van der Waals surface area contributed by atoms with Crippen LogP contribution in [-0.4, -0.2) is 5.43 Å². The van der Waals surface area contributed by atoms with Gasteiger partial charge in [0.25, 0.3) is 0 Å². The van der Waals surface area contributed by atoms with Crippen molar-refractivity contribution in [1.29, 1.82) is 0 Å². The SMILES string of the molecule is C[Si](C)=[Zr+2].Cc1cc(C)cc(-c2c(C)c(C)cc3[cH-]c(-c4ccc(C)s4)cc23)c1.Cc1cc(C)cc(-c2c(C)c(C)cc3[cH-]c(-c4ccc(C)s4)cc23)c1.Cl.Cl. The first-order valence-electron chi connectivity index (χ1n) is 18.8. The number of fused-ring (bicyclic) bond motifs is 2. The number of rotatable bonds is 4. The molecule has 0 unspecified atom stereocenters. The summed E-state index contributed by atoms with van der Waals surface area (Å²) >= 11 is 5.48. The second-order valence-corrected chi connectivity index (χ2v) is 27.4. The van der Waals surface area contributed by atoms with Gasteiger partial charge in [-0.15, -0.1) is 93.9 Å². The summed E-state index contributed by atoms with van der Waals surface area (Å²) in [5.74, 6) is 0. The van der Waals surface area contributed by atoms with Gasteiger partial charge in [-0.05, 0) is 111 Å². The molecule has 2 heterocycles. The van der Waals surface area contributed by atoms with Crippen LogP contribution in [-0.2, 0) is 23.3 Å². The van der Waals surface area contributed by atoms with E-state index in [1.807, 2.05) is 22.7 Å². The van der Waals surface area contributed by atoms with Gasteiger partial charge in [-0.2, -0.15) is 22.7 Å². The van der Waals surface area contributed by atoms with Gasteiger partial charge >= 0.3 is 41.9 Å². The molecule has 0 aliphatic rings. The molecule has 0 aliphatic carbocycles. The molecular formula is C50H54Cl2S2SiZr. The summed E-state index contributed by atoms with van der Waals surface area (Å²) in [6.45, 7) is 26.7. The second-order valence-electron chi connectivity index (χ2n) is 15.5. The van der Waals surface area contributed by atoms with Crippen LogP contribution in [0.5, 0.6) is 0 Å². The zero-order chi connectivity index (χ0) is 39.0. The molecule has 6 heteroatoms. The summed E-state index contributed by atoms with van der Waals surface area (Å²) in [7, 11) is 0. The molecule has 0 spiro atoms. The molecule has 0 atom stereocenters. The van der Waals surface area contributed by atoms with Crippen LogP contribution < -0.4 is 0 Å². The Balaban J connectivity index is 0.000000220. The number of hydrogen-bond acceptors (Lipinski definition) is 2. The molecule has 56 heavy (non-hydrogen) atoms. The second kappa shape index (κ2) is 19.3. The van der Waals surface area contributed by atoms with E-state index in [0.29, 0.717) is 0 Å². The average molecular weight is 909 g/mol. The van der Waals surface area contributed by atoms with Crippen molar-refractivity contribution in [2.75, 3.05) is 0 Å². The number of halogens is 2. The van der Waals surface area contributed by atoms with E-state index in [2.05, 4.69) is 179 Å². The van der Waals surface area contributed by atoms with Gasteiger partial charge in [0.15, 0.2) is 0 Å². The fourth-order valence-electron chi connectivity index (χ4n) is 7.65. The topological polar surface area (TPSA) is 0 Å². The van der Waals surface area contributed by atoms with Gasteiger partial charge in [-0.3, -0.25) is 0 Å². The number of hydrogen-bond donors (Lipinski definition) is 0. The van der Waals surface area contributed by atoms with Crippen molar-refractivity contribution in [3.63, 3.8) is 0 Å². The third-order valence-corrected chi connectivity index (χ3v) is 12.2. The minimum atomic E-state index is 0. The van der Waals surface area contributed by atoms with Gasteiger partial charge in [0, 0.05) is 0 Å². The number of aryl methyl sites for hydroxylation is 8. The largest absolute Gasteiger partial charge is 0.182 e. The third kappa shape index (κ3) is 10.4. The molecule has 2 aromatic heterocycles. The maximum absolute atomic E-state index is 2.38. The Morgan fingerprint density at radius 1 is 0.464 bits per heavy atom. The molecular weight excluding hydrogens is 855 g/mol. The predicted molar refractivity (Wildman–Crippen MR) is 256 cm³/mol. The first-order valence-corrected chi connectivity index (χ1v) is 26.6. The maximum Gasteiger partial charge on any atom is -0.00658 e. The van der Waals surface area contributed by atoms with Crippen molar-refractivity contribution < 1.29 is 23.3 Å². The van der Waals surface area contributed by atoms with E-state index in [1.54, 1.807) is 23.3 Å². The fraction of sp³-hybridized carbons (Fsp3) is 0.240. The third-order valence-electron chi connectivity index (χ3n) is 10.1. The maximum atomic E-state index is 2.38. The van der Waals surface area contributed by atoms with E-state index in [-0.39, 0.29) is 30.2 Å². The minimum Gasteiger partial charge on any atom is -0.182 e. The summed E-state index contributed by atoms with van der Waals surface area (Å²) in [6.07, 6.45) is 0. The fourth-order valence-corrected chi connectivity index (χ4v) is 9.36. The zero-order valence-corrected chi connectivity index (χ0v) is 41.6. The number of benzene rings is 4. The van der Waals surface area contributed by atoms with Gasteiger partial charge < -0.3 is 0 Å². The van der Waals surface area contributed by atoms with Crippen molar-refractivity contribution in [2.24, 2.45) is 0 Å². The zero-order valence-electron chi connectivity index (χ0n) is 34.9. The van der Waals surface area contributed by atoms with Crippen LogP contribution in [0.2, 0.25) is 13.1 Å². The molecule has 8 aromatic rings. The first kappa shape index (κ1) is 45.9. The van der Waals surface area contributed by atoms with Crippen LogP contribution in [0.25, 0.3) is 64.7 Å². The Bertz CT molecular complexity index is 2440. The smallest absolute Gasteiger partial charge is 0.00658 e. The van der Waals surface area contributed by atoms with Crippen molar-refractivity contribution >= 4 is 74.5 Å². The van der Waals surface area contributed by atoms with Crippen molar-refractivity contribution in [1.82, 2.24) is 0 Å². The minimum absolute atomic E-state index is 0. The first-order chi connectivity index (χ1) is 25.6. The van der Waals surface area contributed by atoms with Crippen LogP contribution in [0, 0.1) is 69.2 Å². The van der Waals surface area contributed by atoms with Crippen molar-refractivity contribution in [2.45, 2.75) is 82.3 Å². The molecule has 0 bridgehead atoms. The van der Waals surface area contributed by atoms with Crippen LogP contribution in [0.3, 0.4) is 0 Å². The Hall–Kier alpha value is -2.82. The van der Waals surface area contributed by atoms with E-state index >= 15 is 0 Å². The quantitative estimate of drug-likeness (QED) is 0.122. The van der Waals surface area contributed by atoms with Crippen LogP contribution >= 0.6 is 47.5 Å². The van der Waals surface area contributed by atoms with E-state index < -0.39 is 0 Å². The van der Waals surface area contributed by atoms with Crippen LogP contribution in [0.4, 0.5) is 0 Å². The molecule has 0 N–H and O–H groups in total. The average Bonchev–Trinajstić information content (AvgIpc) is 3.88. The van der Waals surface area contributed by atoms with E-state index in [1.165, 1.54) is 119 Å². The van der Waals surface area contributed by atoms with E-state index in [4.69, 9.17) is 0 Å². The number of thiophene rings is 2. The summed E-state index contributed by atoms with van der Waals surface area (Å²) in [6, 6.07) is 36.8. The Kier molecular flexibility index (Phi) is 15.8. The van der Waals surface area contributed by atoms with Crippen LogP contribution in [0.1, 0.15) is 54.3 Å². The van der Waals surface area contributed by atoms with Crippen LogP contribution in [0.15, 0.2) is 97.1 Å². The Labute approximate surface area is 371 Å². The summed E-state index contributed by atoms with van der Waals surface area (Å²) in [5, 5.41) is 5.43. The molecule has 0 amide bonds. The van der Waals surface area contributed by atoms with E-state index in [0.717, 1.165) is 0 Å². The molecule has 0 nitrogen and oxygen atoms in total. The molecule has 0 radical (unpaired) electrons. The van der Waals surface area contributed by atoms with Gasteiger partial charge in [0.2, 0.25) is 0 Å². The monoisotopic (exact) mass is 906 g/mol. The Morgan fingerprint density at radius 3 is 1.07 bits per heavy atom. The summed E-state index contributed by atoms with van der Waals surface area (Å²) < 4.78 is 0. The van der Waals surface area contributed by atoms with Gasteiger partial charge in [-0.1, -0.05) is 105 Å². The Morgan fingerprint density at radius 2 is 0.786 bits per heavy atom.